The molecule has 0 aliphatic heterocycles. The average Bonchev–Trinajstić information content (AvgIpc) is 2.41. The summed E-state index contributed by atoms with van der Waals surface area (Å²) in [5.74, 6) is 0.598. The van der Waals surface area contributed by atoms with Crippen molar-refractivity contribution in [3.63, 3.8) is 0 Å². The van der Waals surface area contributed by atoms with Gasteiger partial charge >= 0.3 is 0 Å². The molecule has 0 saturated heterocycles. The molecule has 0 amide bonds. The van der Waals surface area contributed by atoms with E-state index in [9.17, 15) is 4.79 Å². The highest BCUT2D eigenvalue weighted by molar-refractivity contribution is 14.1. The Morgan fingerprint density at radius 2 is 1.89 bits per heavy atom. The number of halogens is 2. The van der Waals surface area contributed by atoms with E-state index in [4.69, 9.17) is 16.3 Å². The summed E-state index contributed by atoms with van der Waals surface area (Å²) in [6, 6.07) is 13.3. The van der Waals surface area contributed by atoms with Gasteiger partial charge < -0.3 is 4.74 Å². The summed E-state index contributed by atoms with van der Waals surface area (Å²) in [6.07, 6.45) is 0. The first-order valence-corrected chi connectivity index (χ1v) is 7.21. The zero-order valence-electron chi connectivity index (χ0n) is 10.3. The summed E-state index contributed by atoms with van der Waals surface area (Å²) < 4.78 is 6.42. The SMILES string of the molecule is CC(=O)c1ccc(OCc2ccccc2)c(Cl)c1I. The van der Waals surface area contributed by atoms with Gasteiger partial charge in [0.25, 0.3) is 0 Å². The highest BCUT2D eigenvalue weighted by atomic mass is 127. The Bertz CT molecular complexity index is 597. The van der Waals surface area contributed by atoms with Crippen LogP contribution in [0.3, 0.4) is 0 Å². The lowest BCUT2D eigenvalue weighted by atomic mass is 10.1. The van der Waals surface area contributed by atoms with Gasteiger partial charge in [0, 0.05) is 9.13 Å². The van der Waals surface area contributed by atoms with E-state index in [0.717, 1.165) is 9.13 Å². The van der Waals surface area contributed by atoms with Crippen LogP contribution in [0, 0.1) is 3.57 Å². The average molecular weight is 387 g/mol. The molecule has 98 valence electrons. The minimum Gasteiger partial charge on any atom is -0.487 e. The quantitative estimate of drug-likeness (QED) is 0.561. The maximum Gasteiger partial charge on any atom is 0.160 e. The third-order valence-corrected chi connectivity index (χ3v) is 4.48. The lowest BCUT2D eigenvalue weighted by Crippen LogP contribution is -2.00. The lowest BCUT2D eigenvalue weighted by Gasteiger charge is -2.11. The largest absolute Gasteiger partial charge is 0.487 e. The Morgan fingerprint density at radius 3 is 2.53 bits per heavy atom. The van der Waals surface area contributed by atoms with E-state index in [-0.39, 0.29) is 5.78 Å². The zero-order valence-corrected chi connectivity index (χ0v) is 13.2. The molecule has 0 aliphatic rings. The predicted molar refractivity (Wildman–Crippen MR) is 84.9 cm³/mol. The molecule has 0 atom stereocenters. The maximum atomic E-state index is 11.4. The van der Waals surface area contributed by atoms with Crippen LogP contribution in [0.5, 0.6) is 5.75 Å². The highest BCUT2D eigenvalue weighted by Crippen LogP contribution is 2.32. The highest BCUT2D eigenvalue weighted by Gasteiger charge is 2.13. The number of ether oxygens (including phenoxy) is 1. The molecule has 2 nitrogen and oxygen atoms in total. The van der Waals surface area contributed by atoms with E-state index in [0.29, 0.717) is 22.9 Å². The first-order valence-electron chi connectivity index (χ1n) is 5.75. The van der Waals surface area contributed by atoms with Gasteiger partial charge in [-0.05, 0) is 47.2 Å². The van der Waals surface area contributed by atoms with Crippen LogP contribution in [0.2, 0.25) is 5.02 Å². The number of hydrogen-bond acceptors (Lipinski definition) is 2. The van der Waals surface area contributed by atoms with Crippen LogP contribution < -0.4 is 4.74 Å². The van der Waals surface area contributed by atoms with Gasteiger partial charge in [0.05, 0.1) is 5.02 Å². The number of carbonyl (C=O) groups excluding carboxylic acids is 1. The first-order chi connectivity index (χ1) is 9.09. The standard InChI is InChI=1S/C15H12ClIO2/c1-10(18)12-7-8-13(14(16)15(12)17)19-9-11-5-3-2-4-6-11/h2-8H,9H2,1H3. The summed E-state index contributed by atoms with van der Waals surface area (Å²) in [6.45, 7) is 1.98. The molecule has 0 aliphatic carbocycles. The van der Waals surface area contributed by atoms with Crippen LogP contribution >= 0.6 is 34.2 Å². The third kappa shape index (κ3) is 3.48. The zero-order chi connectivity index (χ0) is 13.8. The Balaban J connectivity index is 2.18. The number of hydrogen-bond donors (Lipinski definition) is 0. The summed E-state index contributed by atoms with van der Waals surface area (Å²) >= 11 is 8.29. The monoisotopic (exact) mass is 386 g/mol. The molecule has 0 N–H and O–H groups in total. The number of carbonyl (C=O) groups is 1. The molecular formula is C15H12ClIO2. The van der Waals surface area contributed by atoms with E-state index >= 15 is 0 Å². The van der Waals surface area contributed by atoms with Crippen molar-refractivity contribution >= 4 is 40.0 Å². The summed E-state index contributed by atoms with van der Waals surface area (Å²) in [7, 11) is 0. The molecule has 4 heteroatoms. The minimum absolute atomic E-state index is 0.000842. The van der Waals surface area contributed by atoms with Crippen molar-refractivity contribution in [2.45, 2.75) is 13.5 Å². The lowest BCUT2D eigenvalue weighted by molar-refractivity contribution is 0.101. The van der Waals surface area contributed by atoms with Crippen LogP contribution in [0.4, 0.5) is 0 Å². The number of ketones is 1. The van der Waals surface area contributed by atoms with Crippen LogP contribution in [0.25, 0.3) is 0 Å². The normalized spacial score (nSPS) is 10.3. The summed E-state index contributed by atoms with van der Waals surface area (Å²) in [5, 5.41) is 0.490. The molecule has 2 rings (SSSR count). The second kappa shape index (κ2) is 6.39. The molecule has 2 aromatic carbocycles. The van der Waals surface area contributed by atoms with Crippen LogP contribution in [0.15, 0.2) is 42.5 Å². The maximum absolute atomic E-state index is 11.4. The van der Waals surface area contributed by atoms with Crippen LogP contribution in [0.1, 0.15) is 22.8 Å². The van der Waals surface area contributed by atoms with Crippen molar-refractivity contribution in [1.29, 1.82) is 0 Å². The third-order valence-electron chi connectivity index (χ3n) is 2.66. The molecule has 0 spiro atoms. The van der Waals surface area contributed by atoms with Gasteiger partial charge in [-0.15, -0.1) is 0 Å². The second-order valence-electron chi connectivity index (χ2n) is 4.07. The molecule has 0 bridgehead atoms. The fourth-order valence-electron chi connectivity index (χ4n) is 1.65. The molecule has 0 unspecified atom stereocenters. The molecular weight excluding hydrogens is 375 g/mol. The molecule has 0 radical (unpaired) electrons. The topological polar surface area (TPSA) is 26.3 Å². The molecule has 19 heavy (non-hydrogen) atoms. The van der Waals surface area contributed by atoms with Crippen molar-refractivity contribution in [3.8, 4) is 5.75 Å². The fourth-order valence-corrected chi connectivity index (χ4v) is 2.70. The number of benzene rings is 2. The predicted octanol–water partition coefficient (Wildman–Crippen LogP) is 4.73. The van der Waals surface area contributed by atoms with E-state index in [1.54, 1.807) is 12.1 Å². The van der Waals surface area contributed by atoms with E-state index in [1.807, 2.05) is 30.3 Å². The Labute approximate surface area is 130 Å². The van der Waals surface area contributed by atoms with Crippen molar-refractivity contribution in [1.82, 2.24) is 0 Å². The molecule has 0 fully saturated rings. The van der Waals surface area contributed by atoms with Gasteiger partial charge in [0.1, 0.15) is 12.4 Å². The van der Waals surface area contributed by atoms with E-state index in [2.05, 4.69) is 22.6 Å². The van der Waals surface area contributed by atoms with Gasteiger partial charge in [0.15, 0.2) is 5.78 Å². The molecule has 0 aromatic heterocycles. The van der Waals surface area contributed by atoms with Crippen LogP contribution in [-0.2, 0) is 6.61 Å². The molecule has 2 aromatic rings. The Hall–Kier alpha value is -1.07. The van der Waals surface area contributed by atoms with Crippen molar-refractivity contribution in [2.24, 2.45) is 0 Å². The van der Waals surface area contributed by atoms with Crippen LogP contribution in [-0.4, -0.2) is 5.78 Å². The fraction of sp³-hybridized carbons (Fsp3) is 0.133. The van der Waals surface area contributed by atoms with E-state index < -0.39 is 0 Å². The Kier molecular flexibility index (Phi) is 4.82. The van der Waals surface area contributed by atoms with Gasteiger partial charge in [-0.25, -0.2) is 0 Å². The molecule has 0 saturated carbocycles. The second-order valence-corrected chi connectivity index (χ2v) is 5.53. The number of rotatable bonds is 4. The van der Waals surface area contributed by atoms with E-state index in [1.165, 1.54) is 6.92 Å². The van der Waals surface area contributed by atoms with Crippen molar-refractivity contribution < 1.29 is 9.53 Å². The summed E-state index contributed by atoms with van der Waals surface area (Å²) in [4.78, 5) is 11.4. The first kappa shape index (κ1) is 14.3. The smallest absolute Gasteiger partial charge is 0.160 e. The van der Waals surface area contributed by atoms with Gasteiger partial charge in [-0.1, -0.05) is 41.9 Å². The molecule has 0 heterocycles. The number of Topliss-reactive ketones (excluding diaryl/α,β-unsaturated/α-hetero) is 1. The van der Waals surface area contributed by atoms with Gasteiger partial charge in [-0.3, -0.25) is 4.79 Å². The van der Waals surface area contributed by atoms with Crippen molar-refractivity contribution in [3.05, 3.63) is 62.2 Å². The van der Waals surface area contributed by atoms with Gasteiger partial charge in [0.2, 0.25) is 0 Å². The Morgan fingerprint density at radius 1 is 1.21 bits per heavy atom. The van der Waals surface area contributed by atoms with Crippen molar-refractivity contribution in [2.75, 3.05) is 0 Å². The summed E-state index contributed by atoms with van der Waals surface area (Å²) in [5.41, 5.74) is 1.70. The minimum atomic E-state index is 0.000842. The van der Waals surface area contributed by atoms with Gasteiger partial charge in [-0.2, -0.15) is 0 Å².